The second kappa shape index (κ2) is 6.39. The summed E-state index contributed by atoms with van der Waals surface area (Å²) < 4.78 is 2.00. The third-order valence-electron chi connectivity index (χ3n) is 7.20. The number of nitriles is 1. The average molecular weight is 401 g/mol. The molecule has 30 heavy (non-hydrogen) atoms. The Morgan fingerprint density at radius 1 is 1.27 bits per heavy atom. The summed E-state index contributed by atoms with van der Waals surface area (Å²) in [7, 11) is 0. The lowest BCUT2D eigenvalue weighted by Gasteiger charge is -2.29. The lowest BCUT2D eigenvalue weighted by atomic mass is 9.92. The Hall–Kier alpha value is -3.21. The van der Waals surface area contributed by atoms with Gasteiger partial charge in [0.05, 0.1) is 29.9 Å². The molecule has 0 spiro atoms. The van der Waals surface area contributed by atoms with Crippen LogP contribution in [-0.2, 0) is 10.3 Å². The third-order valence-corrected chi connectivity index (χ3v) is 7.20. The molecule has 8 nitrogen and oxygen atoms in total. The fourth-order valence-corrected chi connectivity index (χ4v) is 5.60. The zero-order chi connectivity index (χ0) is 20.3. The molecule has 3 aromatic rings. The van der Waals surface area contributed by atoms with Crippen LogP contribution in [0.3, 0.4) is 0 Å². The largest absolute Gasteiger partial charge is 0.346 e. The highest BCUT2D eigenvalue weighted by Crippen LogP contribution is 2.50. The molecule has 2 aliphatic carbocycles. The van der Waals surface area contributed by atoms with Gasteiger partial charge >= 0.3 is 0 Å². The van der Waals surface area contributed by atoms with Gasteiger partial charge in [0.15, 0.2) is 0 Å². The molecule has 0 radical (unpaired) electrons. The van der Waals surface area contributed by atoms with Gasteiger partial charge in [-0.1, -0.05) is 0 Å². The molecule has 3 fully saturated rings. The minimum Gasteiger partial charge on any atom is -0.346 e. The number of nitrogens with one attached hydrogen (secondary N) is 1. The summed E-state index contributed by atoms with van der Waals surface area (Å²) in [4.78, 5) is 26.4. The molecule has 3 aliphatic rings. The van der Waals surface area contributed by atoms with Crippen LogP contribution in [0.4, 0.5) is 0 Å². The zero-order valence-electron chi connectivity index (χ0n) is 16.7. The van der Waals surface area contributed by atoms with Crippen molar-refractivity contribution in [3.05, 3.63) is 31.0 Å². The standard InChI is InChI=1S/C22H23N7O/c23-5-4-22(7-15-10-28(11-16(15)8-22)21(30)14-1-2-14)29-12-17(9-27-29)19-18-3-6-24-20(18)26-13-25-19/h3,6,9,12-16H,1-2,4,7-8,10-11H2,(H,24,25,26)/t15-,16+,22?. The van der Waals surface area contributed by atoms with E-state index in [1.54, 1.807) is 6.33 Å². The van der Waals surface area contributed by atoms with Crippen molar-refractivity contribution in [1.29, 1.82) is 5.26 Å². The minimum absolute atomic E-state index is 0.277. The normalized spacial score (nSPS) is 28.0. The van der Waals surface area contributed by atoms with Crippen LogP contribution in [-0.4, -0.2) is 48.6 Å². The number of rotatable bonds is 4. The van der Waals surface area contributed by atoms with E-state index in [-0.39, 0.29) is 11.5 Å². The van der Waals surface area contributed by atoms with Crippen LogP contribution in [0.15, 0.2) is 31.0 Å². The Morgan fingerprint density at radius 3 is 2.80 bits per heavy atom. The summed E-state index contributed by atoms with van der Waals surface area (Å²) in [5, 5.41) is 15.2. The number of hydrogen-bond acceptors (Lipinski definition) is 5. The van der Waals surface area contributed by atoms with Gasteiger partial charge in [0.1, 0.15) is 12.0 Å². The number of H-pyrrole nitrogens is 1. The smallest absolute Gasteiger partial charge is 0.225 e. The number of carbonyl (C=O) groups is 1. The second-order valence-electron chi connectivity index (χ2n) is 9.14. The molecule has 8 heteroatoms. The van der Waals surface area contributed by atoms with E-state index in [9.17, 15) is 10.1 Å². The Balaban J connectivity index is 1.28. The fraction of sp³-hybridized carbons (Fsp3) is 0.500. The maximum atomic E-state index is 12.5. The van der Waals surface area contributed by atoms with E-state index < -0.39 is 0 Å². The van der Waals surface area contributed by atoms with Crippen LogP contribution >= 0.6 is 0 Å². The van der Waals surface area contributed by atoms with Gasteiger partial charge in [-0.3, -0.25) is 9.48 Å². The predicted octanol–water partition coefficient (Wildman–Crippen LogP) is 2.71. The summed E-state index contributed by atoms with van der Waals surface area (Å²) in [5.74, 6) is 1.52. The van der Waals surface area contributed by atoms with Gasteiger partial charge in [-0.25, -0.2) is 9.97 Å². The number of carbonyl (C=O) groups excluding carboxylic acids is 1. The molecule has 4 heterocycles. The van der Waals surface area contributed by atoms with Crippen LogP contribution in [0.1, 0.15) is 32.1 Å². The molecule has 152 valence electrons. The van der Waals surface area contributed by atoms with Crippen molar-refractivity contribution < 1.29 is 4.79 Å². The highest BCUT2D eigenvalue weighted by Gasteiger charge is 2.52. The van der Waals surface area contributed by atoms with Crippen molar-refractivity contribution in [2.45, 2.75) is 37.6 Å². The molecule has 0 aromatic carbocycles. The molecule has 6 rings (SSSR count). The van der Waals surface area contributed by atoms with Crippen LogP contribution in [0.5, 0.6) is 0 Å². The van der Waals surface area contributed by atoms with Crippen LogP contribution in [0.25, 0.3) is 22.3 Å². The lowest BCUT2D eigenvalue weighted by molar-refractivity contribution is -0.131. The average Bonchev–Trinajstić information content (AvgIpc) is 3.11. The summed E-state index contributed by atoms with van der Waals surface area (Å²) in [6.07, 6.45) is 11.6. The summed E-state index contributed by atoms with van der Waals surface area (Å²) >= 11 is 0. The maximum absolute atomic E-state index is 12.5. The molecule has 1 aliphatic heterocycles. The zero-order valence-corrected chi connectivity index (χ0v) is 16.7. The van der Waals surface area contributed by atoms with Gasteiger partial charge in [0.25, 0.3) is 0 Å². The van der Waals surface area contributed by atoms with Gasteiger partial charge in [0.2, 0.25) is 5.91 Å². The van der Waals surface area contributed by atoms with Crippen LogP contribution < -0.4 is 0 Å². The Bertz CT molecular complexity index is 1150. The van der Waals surface area contributed by atoms with E-state index in [0.29, 0.717) is 24.2 Å². The topological polar surface area (TPSA) is 103 Å². The number of amides is 1. The first-order chi connectivity index (χ1) is 14.7. The highest BCUT2D eigenvalue weighted by atomic mass is 16.2. The third kappa shape index (κ3) is 2.65. The molecule has 1 N–H and O–H groups in total. The first kappa shape index (κ1) is 17.6. The number of aromatic nitrogens is 5. The van der Waals surface area contributed by atoms with Gasteiger partial charge in [-0.05, 0) is 43.6 Å². The quantitative estimate of drug-likeness (QED) is 0.724. The summed E-state index contributed by atoms with van der Waals surface area (Å²) in [6, 6.07) is 4.37. The van der Waals surface area contributed by atoms with Crippen molar-refractivity contribution in [3.8, 4) is 17.3 Å². The van der Waals surface area contributed by atoms with Crippen molar-refractivity contribution >= 4 is 16.9 Å². The lowest BCUT2D eigenvalue weighted by Crippen LogP contribution is -2.36. The number of fused-ring (bicyclic) bond motifs is 2. The predicted molar refractivity (Wildman–Crippen MR) is 109 cm³/mol. The molecular formula is C22H23N7O. The second-order valence-corrected chi connectivity index (χ2v) is 9.14. The minimum atomic E-state index is -0.304. The fourth-order valence-electron chi connectivity index (χ4n) is 5.60. The van der Waals surface area contributed by atoms with E-state index in [1.807, 2.05) is 29.3 Å². The number of nitrogens with zero attached hydrogens (tertiary/aromatic N) is 6. The molecule has 1 unspecified atom stereocenters. The van der Waals surface area contributed by atoms with Crippen LogP contribution in [0.2, 0.25) is 0 Å². The van der Waals surface area contributed by atoms with E-state index in [1.165, 1.54) is 0 Å². The van der Waals surface area contributed by atoms with E-state index in [0.717, 1.165) is 61.1 Å². The first-order valence-electron chi connectivity index (χ1n) is 10.7. The van der Waals surface area contributed by atoms with Gasteiger partial charge < -0.3 is 9.88 Å². The molecule has 2 saturated carbocycles. The number of likely N-dealkylation sites (tertiary alicyclic amines) is 1. The van der Waals surface area contributed by atoms with Crippen molar-refractivity contribution in [2.75, 3.05) is 13.1 Å². The Morgan fingerprint density at radius 2 is 2.07 bits per heavy atom. The summed E-state index contributed by atoms with van der Waals surface area (Å²) in [6.45, 7) is 1.66. The Labute approximate surface area is 173 Å². The molecule has 1 amide bonds. The summed E-state index contributed by atoms with van der Waals surface area (Å²) in [5.41, 5.74) is 2.28. The monoisotopic (exact) mass is 401 g/mol. The maximum Gasteiger partial charge on any atom is 0.225 e. The molecule has 1 saturated heterocycles. The number of hydrogen-bond donors (Lipinski definition) is 1. The Kier molecular flexibility index (Phi) is 3.76. The van der Waals surface area contributed by atoms with Gasteiger partial charge in [-0.15, -0.1) is 0 Å². The van der Waals surface area contributed by atoms with Crippen molar-refractivity contribution in [1.82, 2.24) is 29.6 Å². The molecule has 3 atom stereocenters. The number of aromatic amines is 1. The van der Waals surface area contributed by atoms with Crippen molar-refractivity contribution in [3.63, 3.8) is 0 Å². The van der Waals surface area contributed by atoms with E-state index in [2.05, 4.69) is 25.9 Å². The van der Waals surface area contributed by atoms with E-state index in [4.69, 9.17) is 5.10 Å². The van der Waals surface area contributed by atoms with E-state index >= 15 is 0 Å². The van der Waals surface area contributed by atoms with Crippen LogP contribution in [0, 0.1) is 29.1 Å². The molecule has 0 bridgehead atoms. The molecule has 3 aromatic heterocycles. The highest BCUT2D eigenvalue weighted by molar-refractivity contribution is 5.90. The van der Waals surface area contributed by atoms with Gasteiger partial charge in [-0.2, -0.15) is 10.4 Å². The molecular weight excluding hydrogens is 378 g/mol. The van der Waals surface area contributed by atoms with Gasteiger partial charge in [0, 0.05) is 42.4 Å². The SMILES string of the molecule is N#CCC1(n2cc(-c3ncnc4[nH]ccc34)cn2)C[C@H]2CN(C(=O)C3CC3)C[C@H]2C1. The van der Waals surface area contributed by atoms with Crippen molar-refractivity contribution in [2.24, 2.45) is 17.8 Å². The first-order valence-corrected chi connectivity index (χ1v) is 10.7.